The first kappa shape index (κ1) is 20.3. The van der Waals surface area contributed by atoms with Gasteiger partial charge in [-0.25, -0.2) is 0 Å². The molecule has 1 N–H and O–H groups in total. The molecule has 0 spiro atoms. The first-order valence-electron chi connectivity index (χ1n) is 11.9. The molecule has 0 radical (unpaired) electrons. The van der Waals surface area contributed by atoms with Gasteiger partial charge in [0.1, 0.15) is 5.52 Å². The molecule has 5 rings (SSSR count). The summed E-state index contributed by atoms with van der Waals surface area (Å²) in [5.74, 6) is 1.03. The molecular formula is C26H33N3O2. The number of hydrogen-bond acceptors (Lipinski definition) is 2. The Hall–Kier alpha value is -2.56. The zero-order valence-corrected chi connectivity index (χ0v) is 18.9. The van der Waals surface area contributed by atoms with Crippen molar-refractivity contribution < 1.29 is 4.79 Å². The molecule has 1 amide bonds. The molecule has 5 heteroatoms. The van der Waals surface area contributed by atoms with Gasteiger partial charge in [0.05, 0.1) is 5.56 Å². The predicted molar refractivity (Wildman–Crippen MR) is 126 cm³/mol. The van der Waals surface area contributed by atoms with E-state index in [1.165, 1.54) is 6.42 Å². The molecule has 3 unspecified atom stereocenters. The Labute approximate surface area is 183 Å². The first-order chi connectivity index (χ1) is 15.0. The molecule has 2 aliphatic rings. The maximum atomic E-state index is 13.7. The number of hydrogen-bond donors (Lipinski definition) is 1. The molecule has 2 heterocycles. The Morgan fingerprint density at radius 2 is 1.77 bits per heavy atom. The van der Waals surface area contributed by atoms with Gasteiger partial charge in [-0.15, -0.1) is 0 Å². The maximum absolute atomic E-state index is 13.7. The van der Waals surface area contributed by atoms with E-state index in [0.717, 1.165) is 54.8 Å². The minimum atomic E-state index is -0.0425. The standard InChI is InChI=1S/C26H33N3O2/c1-16-9-8-13-21(17(16)2)27-25(30)20-15-29(18-10-4-5-11-18)26(31)24-23(20)19-12-6-7-14-22(19)28(24)3/h6-7,12,14-18,21H,4-5,8-11,13H2,1-3H3,(H,27,30). The van der Waals surface area contributed by atoms with E-state index in [-0.39, 0.29) is 23.6 Å². The molecule has 0 aliphatic heterocycles. The van der Waals surface area contributed by atoms with Crippen LogP contribution in [0.25, 0.3) is 21.8 Å². The molecule has 3 aromatic rings. The number of carbonyl (C=O) groups is 1. The topological polar surface area (TPSA) is 56.0 Å². The minimum Gasteiger partial charge on any atom is -0.349 e. The third-order valence-electron chi connectivity index (χ3n) is 8.07. The number of amides is 1. The summed E-state index contributed by atoms with van der Waals surface area (Å²) in [4.78, 5) is 27.3. The number of aromatic nitrogens is 2. The van der Waals surface area contributed by atoms with Gasteiger partial charge in [-0.2, -0.15) is 0 Å². The zero-order chi connectivity index (χ0) is 21.7. The van der Waals surface area contributed by atoms with Crippen molar-refractivity contribution in [1.29, 1.82) is 0 Å². The van der Waals surface area contributed by atoms with Gasteiger partial charge in [0.15, 0.2) is 0 Å². The van der Waals surface area contributed by atoms with Crippen molar-refractivity contribution in [2.45, 2.75) is 70.9 Å². The highest BCUT2D eigenvalue weighted by molar-refractivity contribution is 6.17. The number of para-hydroxylation sites is 1. The second-order valence-electron chi connectivity index (χ2n) is 9.84. The summed E-state index contributed by atoms with van der Waals surface area (Å²) in [5.41, 5.74) is 2.30. The Kier molecular flexibility index (Phi) is 5.15. The van der Waals surface area contributed by atoms with Gasteiger partial charge in [-0.05, 0) is 37.2 Å². The maximum Gasteiger partial charge on any atom is 0.275 e. The molecule has 2 aliphatic carbocycles. The SMILES string of the molecule is CC1CCCC(NC(=O)c2cn(C3CCCC3)c(=O)c3c2c2ccccc2n3C)C1C. The summed E-state index contributed by atoms with van der Waals surface area (Å²) in [6, 6.07) is 8.40. The molecular weight excluding hydrogens is 386 g/mol. The highest BCUT2D eigenvalue weighted by Gasteiger charge is 2.30. The van der Waals surface area contributed by atoms with Crippen molar-refractivity contribution in [3.8, 4) is 0 Å². The highest BCUT2D eigenvalue weighted by Crippen LogP contribution is 2.34. The van der Waals surface area contributed by atoms with Crippen molar-refractivity contribution in [2.24, 2.45) is 18.9 Å². The number of aryl methyl sites for hydroxylation is 1. The van der Waals surface area contributed by atoms with Crippen LogP contribution in [0.1, 0.15) is 75.2 Å². The smallest absolute Gasteiger partial charge is 0.275 e. The van der Waals surface area contributed by atoms with Crippen molar-refractivity contribution >= 4 is 27.7 Å². The van der Waals surface area contributed by atoms with Crippen LogP contribution in [0.2, 0.25) is 0 Å². The quantitative estimate of drug-likeness (QED) is 0.637. The Morgan fingerprint density at radius 3 is 2.55 bits per heavy atom. The lowest BCUT2D eigenvalue weighted by atomic mass is 9.78. The van der Waals surface area contributed by atoms with Gasteiger partial charge in [-0.1, -0.05) is 57.7 Å². The van der Waals surface area contributed by atoms with Gasteiger partial charge in [0, 0.05) is 41.6 Å². The van der Waals surface area contributed by atoms with E-state index in [1.54, 1.807) is 0 Å². The number of carbonyl (C=O) groups excluding carboxylic acids is 1. The lowest BCUT2D eigenvalue weighted by Crippen LogP contribution is -2.44. The molecule has 3 atom stereocenters. The summed E-state index contributed by atoms with van der Waals surface area (Å²) in [5, 5.41) is 5.13. The van der Waals surface area contributed by atoms with Crippen LogP contribution in [0.4, 0.5) is 0 Å². The molecule has 164 valence electrons. The van der Waals surface area contributed by atoms with Gasteiger partial charge in [-0.3, -0.25) is 9.59 Å². The summed E-state index contributed by atoms with van der Waals surface area (Å²) in [6.45, 7) is 4.54. The predicted octanol–water partition coefficient (Wildman–Crippen LogP) is 5.16. The molecule has 5 nitrogen and oxygen atoms in total. The van der Waals surface area contributed by atoms with Gasteiger partial charge in [0.25, 0.3) is 11.5 Å². The van der Waals surface area contributed by atoms with Crippen LogP contribution in [0.3, 0.4) is 0 Å². The molecule has 0 saturated heterocycles. The summed E-state index contributed by atoms with van der Waals surface area (Å²) < 4.78 is 3.83. The fraction of sp³-hybridized carbons (Fsp3) is 0.538. The third-order valence-corrected chi connectivity index (χ3v) is 8.07. The largest absolute Gasteiger partial charge is 0.349 e. The fourth-order valence-electron chi connectivity index (χ4n) is 5.96. The van der Waals surface area contributed by atoms with E-state index in [9.17, 15) is 9.59 Å². The van der Waals surface area contributed by atoms with Crippen molar-refractivity contribution in [2.75, 3.05) is 0 Å². The highest BCUT2D eigenvalue weighted by atomic mass is 16.2. The molecule has 0 bridgehead atoms. The summed E-state index contributed by atoms with van der Waals surface area (Å²) >= 11 is 0. The van der Waals surface area contributed by atoms with Crippen LogP contribution in [0.5, 0.6) is 0 Å². The average Bonchev–Trinajstić information content (AvgIpc) is 3.40. The van der Waals surface area contributed by atoms with Crippen molar-refractivity contribution in [1.82, 2.24) is 14.5 Å². The molecule has 2 saturated carbocycles. The van der Waals surface area contributed by atoms with Gasteiger partial charge >= 0.3 is 0 Å². The van der Waals surface area contributed by atoms with Gasteiger partial charge < -0.3 is 14.5 Å². The van der Waals surface area contributed by atoms with Crippen LogP contribution in [0, 0.1) is 11.8 Å². The van der Waals surface area contributed by atoms with E-state index >= 15 is 0 Å². The number of benzene rings is 1. The van der Waals surface area contributed by atoms with E-state index in [2.05, 4.69) is 19.2 Å². The van der Waals surface area contributed by atoms with Crippen LogP contribution >= 0.6 is 0 Å². The van der Waals surface area contributed by atoms with Crippen molar-refractivity contribution in [3.63, 3.8) is 0 Å². The summed E-state index contributed by atoms with van der Waals surface area (Å²) in [6.07, 6.45) is 9.57. The van der Waals surface area contributed by atoms with E-state index in [1.807, 2.05) is 46.6 Å². The van der Waals surface area contributed by atoms with E-state index in [0.29, 0.717) is 22.9 Å². The van der Waals surface area contributed by atoms with E-state index < -0.39 is 0 Å². The van der Waals surface area contributed by atoms with E-state index in [4.69, 9.17) is 0 Å². The second kappa shape index (κ2) is 7.85. The lowest BCUT2D eigenvalue weighted by Gasteiger charge is -2.34. The normalized spacial score (nSPS) is 24.8. The zero-order valence-electron chi connectivity index (χ0n) is 18.9. The molecule has 1 aromatic carbocycles. The Bertz CT molecular complexity index is 1200. The molecule has 31 heavy (non-hydrogen) atoms. The Morgan fingerprint density at radius 1 is 1.03 bits per heavy atom. The number of pyridine rings is 1. The lowest BCUT2D eigenvalue weighted by molar-refractivity contribution is 0.0892. The van der Waals surface area contributed by atoms with Gasteiger partial charge in [0.2, 0.25) is 0 Å². The molecule has 2 aromatic heterocycles. The number of nitrogens with zero attached hydrogens (tertiary/aromatic N) is 2. The van der Waals surface area contributed by atoms with Crippen LogP contribution < -0.4 is 10.9 Å². The number of fused-ring (bicyclic) bond motifs is 3. The van der Waals surface area contributed by atoms with Crippen LogP contribution in [-0.2, 0) is 7.05 Å². The number of nitrogens with one attached hydrogen (secondary N) is 1. The Balaban J connectivity index is 1.68. The molecule has 2 fully saturated rings. The van der Waals surface area contributed by atoms with Crippen LogP contribution in [-0.4, -0.2) is 21.1 Å². The number of rotatable bonds is 3. The average molecular weight is 420 g/mol. The van der Waals surface area contributed by atoms with Crippen LogP contribution in [0.15, 0.2) is 35.3 Å². The third kappa shape index (κ3) is 3.29. The fourth-order valence-corrected chi connectivity index (χ4v) is 5.96. The monoisotopic (exact) mass is 419 g/mol. The minimum absolute atomic E-state index is 0.0248. The van der Waals surface area contributed by atoms with Crippen molar-refractivity contribution in [3.05, 3.63) is 46.4 Å². The first-order valence-corrected chi connectivity index (χ1v) is 11.9. The second-order valence-corrected chi connectivity index (χ2v) is 9.84. The summed E-state index contributed by atoms with van der Waals surface area (Å²) in [7, 11) is 1.94.